The van der Waals surface area contributed by atoms with Crippen LogP contribution in [0.5, 0.6) is 0 Å². The Bertz CT molecular complexity index is 557. The van der Waals surface area contributed by atoms with Crippen LogP contribution < -0.4 is 10.2 Å². The van der Waals surface area contributed by atoms with Crippen LogP contribution in [0.3, 0.4) is 0 Å². The first-order chi connectivity index (χ1) is 8.61. The topological polar surface area (TPSA) is 66.8 Å². The molecule has 0 aromatic carbocycles. The highest BCUT2D eigenvalue weighted by atomic mass is 19.1. The van der Waals surface area contributed by atoms with Gasteiger partial charge in [0.2, 0.25) is 11.9 Å². The molecule has 0 atom stereocenters. The summed E-state index contributed by atoms with van der Waals surface area (Å²) in [7, 11) is 5.31. The van der Waals surface area contributed by atoms with Crippen molar-refractivity contribution in [2.75, 3.05) is 31.4 Å². The van der Waals surface area contributed by atoms with Crippen molar-refractivity contribution in [2.45, 2.75) is 0 Å². The molecule has 0 aliphatic heterocycles. The molecule has 0 saturated heterocycles. The van der Waals surface area contributed by atoms with Gasteiger partial charge in [-0.1, -0.05) is 0 Å². The second-order valence-electron chi connectivity index (χ2n) is 3.78. The van der Waals surface area contributed by atoms with Crippen molar-refractivity contribution < 1.29 is 4.39 Å². The minimum Gasteiger partial charge on any atom is -0.357 e. The van der Waals surface area contributed by atoms with Gasteiger partial charge in [-0.3, -0.25) is 4.98 Å². The molecular weight excluding hydrogens is 235 g/mol. The minimum absolute atomic E-state index is 0.276. The monoisotopic (exact) mass is 248 g/mol. The van der Waals surface area contributed by atoms with Gasteiger partial charge in [0.25, 0.3) is 0 Å². The summed E-state index contributed by atoms with van der Waals surface area (Å²) in [6.07, 6.45) is 2.63. The molecular formula is C11H13FN6. The zero-order chi connectivity index (χ0) is 13.1. The van der Waals surface area contributed by atoms with Crippen LogP contribution in [-0.2, 0) is 0 Å². The van der Waals surface area contributed by atoms with Gasteiger partial charge in [0, 0.05) is 27.3 Å². The molecule has 2 heterocycles. The summed E-state index contributed by atoms with van der Waals surface area (Å²) in [6, 6.07) is 1.53. The van der Waals surface area contributed by atoms with Crippen LogP contribution in [0.25, 0.3) is 11.4 Å². The van der Waals surface area contributed by atoms with Crippen LogP contribution in [0.4, 0.5) is 16.3 Å². The van der Waals surface area contributed by atoms with E-state index in [1.807, 2.05) is 14.1 Å². The molecule has 2 aromatic heterocycles. The first kappa shape index (κ1) is 12.2. The largest absolute Gasteiger partial charge is 0.357 e. The molecule has 0 aliphatic carbocycles. The standard InChI is InChI=1S/C11H13FN6/c1-13-10-15-9(16-11(17-10)18(2)3)7-4-5-14-6-8(7)12/h4-6H,1-3H3,(H,13,15,16,17). The third-order valence-corrected chi connectivity index (χ3v) is 2.26. The third-order valence-electron chi connectivity index (χ3n) is 2.26. The predicted octanol–water partition coefficient (Wildman–Crippen LogP) is 1.18. The van der Waals surface area contributed by atoms with E-state index in [2.05, 4.69) is 25.3 Å². The molecule has 0 amide bonds. The number of pyridine rings is 1. The fourth-order valence-corrected chi connectivity index (χ4v) is 1.35. The quantitative estimate of drug-likeness (QED) is 0.879. The van der Waals surface area contributed by atoms with Gasteiger partial charge in [-0.15, -0.1) is 0 Å². The molecule has 0 fully saturated rings. The van der Waals surface area contributed by atoms with E-state index < -0.39 is 5.82 Å². The van der Waals surface area contributed by atoms with E-state index in [4.69, 9.17) is 0 Å². The molecule has 94 valence electrons. The van der Waals surface area contributed by atoms with Crippen LogP contribution in [0.1, 0.15) is 0 Å². The van der Waals surface area contributed by atoms with Crippen molar-refractivity contribution in [1.82, 2.24) is 19.9 Å². The van der Waals surface area contributed by atoms with Crippen molar-refractivity contribution >= 4 is 11.9 Å². The Morgan fingerprint density at radius 3 is 2.61 bits per heavy atom. The molecule has 1 N–H and O–H groups in total. The number of hydrogen-bond acceptors (Lipinski definition) is 6. The fraction of sp³-hybridized carbons (Fsp3) is 0.273. The Labute approximate surface area is 104 Å². The van der Waals surface area contributed by atoms with Gasteiger partial charge in [0.05, 0.1) is 11.8 Å². The van der Waals surface area contributed by atoms with Crippen LogP contribution >= 0.6 is 0 Å². The number of anilines is 2. The maximum absolute atomic E-state index is 13.6. The van der Waals surface area contributed by atoms with E-state index in [1.54, 1.807) is 11.9 Å². The van der Waals surface area contributed by atoms with E-state index in [0.29, 0.717) is 17.5 Å². The van der Waals surface area contributed by atoms with Crippen LogP contribution in [0, 0.1) is 5.82 Å². The Kier molecular flexibility index (Phi) is 3.31. The summed E-state index contributed by atoms with van der Waals surface area (Å²) in [4.78, 5) is 17.9. The third kappa shape index (κ3) is 2.34. The highest BCUT2D eigenvalue weighted by Gasteiger charge is 2.12. The average Bonchev–Trinajstić information content (AvgIpc) is 2.38. The molecule has 2 rings (SSSR count). The summed E-state index contributed by atoms with van der Waals surface area (Å²) in [5.74, 6) is 0.661. The molecule has 7 heteroatoms. The lowest BCUT2D eigenvalue weighted by Gasteiger charge is -2.12. The van der Waals surface area contributed by atoms with Crippen molar-refractivity contribution in [2.24, 2.45) is 0 Å². The summed E-state index contributed by atoms with van der Waals surface area (Å²) < 4.78 is 13.6. The number of halogens is 1. The molecule has 2 aromatic rings. The normalized spacial score (nSPS) is 10.2. The lowest BCUT2D eigenvalue weighted by atomic mass is 10.2. The van der Waals surface area contributed by atoms with Crippen molar-refractivity contribution in [3.63, 3.8) is 0 Å². The van der Waals surface area contributed by atoms with Gasteiger partial charge in [-0.25, -0.2) is 4.39 Å². The smallest absolute Gasteiger partial charge is 0.230 e. The summed E-state index contributed by atoms with van der Waals surface area (Å²) >= 11 is 0. The predicted molar refractivity (Wildman–Crippen MR) is 66.9 cm³/mol. The first-order valence-electron chi connectivity index (χ1n) is 5.33. The number of hydrogen-bond donors (Lipinski definition) is 1. The van der Waals surface area contributed by atoms with E-state index in [-0.39, 0.29) is 5.82 Å². The minimum atomic E-state index is -0.463. The van der Waals surface area contributed by atoms with Gasteiger partial charge >= 0.3 is 0 Å². The first-order valence-corrected chi connectivity index (χ1v) is 5.33. The van der Waals surface area contributed by atoms with Gasteiger partial charge in [0.1, 0.15) is 0 Å². The summed E-state index contributed by atoms with van der Waals surface area (Å²) in [5, 5.41) is 2.82. The maximum Gasteiger partial charge on any atom is 0.230 e. The zero-order valence-corrected chi connectivity index (χ0v) is 10.3. The number of nitrogens with one attached hydrogen (secondary N) is 1. The highest BCUT2D eigenvalue weighted by Crippen LogP contribution is 2.20. The second kappa shape index (κ2) is 4.91. The SMILES string of the molecule is CNc1nc(-c2ccncc2F)nc(N(C)C)n1. The van der Waals surface area contributed by atoms with Gasteiger partial charge < -0.3 is 10.2 Å². The van der Waals surface area contributed by atoms with Crippen LogP contribution in [0.15, 0.2) is 18.5 Å². The molecule has 0 spiro atoms. The molecule has 0 saturated carbocycles. The van der Waals surface area contributed by atoms with Crippen molar-refractivity contribution in [3.05, 3.63) is 24.3 Å². The molecule has 0 unspecified atom stereocenters. The Morgan fingerprint density at radius 1 is 1.22 bits per heavy atom. The van der Waals surface area contributed by atoms with Gasteiger partial charge in [0.15, 0.2) is 11.6 Å². The van der Waals surface area contributed by atoms with Crippen LogP contribution in [-0.4, -0.2) is 41.1 Å². The molecule has 6 nitrogen and oxygen atoms in total. The Balaban J connectivity index is 2.57. The lowest BCUT2D eigenvalue weighted by Crippen LogP contribution is -2.15. The van der Waals surface area contributed by atoms with E-state index in [0.717, 1.165) is 6.20 Å². The molecule has 18 heavy (non-hydrogen) atoms. The lowest BCUT2D eigenvalue weighted by molar-refractivity contribution is 0.623. The van der Waals surface area contributed by atoms with Gasteiger partial charge in [-0.05, 0) is 6.07 Å². The van der Waals surface area contributed by atoms with Crippen molar-refractivity contribution in [3.8, 4) is 11.4 Å². The van der Waals surface area contributed by atoms with E-state index in [1.165, 1.54) is 12.3 Å². The Morgan fingerprint density at radius 2 is 2.00 bits per heavy atom. The fourth-order valence-electron chi connectivity index (χ4n) is 1.35. The molecule has 0 bridgehead atoms. The number of rotatable bonds is 3. The second-order valence-corrected chi connectivity index (χ2v) is 3.78. The molecule has 0 aliphatic rings. The van der Waals surface area contributed by atoms with Crippen LogP contribution in [0.2, 0.25) is 0 Å². The van der Waals surface area contributed by atoms with Crippen molar-refractivity contribution in [1.29, 1.82) is 0 Å². The van der Waals surface area contributed by atoms with E-state index in [9.17, 15) is 4.39 Å². The average molecular weight is 248 g/mol. The van der Waals surface area contributed by atoms with Gasteiger partial charge in [-0.2, -0.15) is 15.0 Å². The Hall–Kier alpha value is -2.31. The summed E-state index contributed by atoms with van der Waals surface area (Å²) in [6.45, 7) is 0. The number of nitrogens with zero attached hydrogens (tertiary/aromatic N) is 5. The molecule has 0 radical (unpaired) electrons. The highest BCUT2D eigenvalue weighted by molar-refractivity contribution is 5.58. The zero-order valence-electron chi connectivity index (χ0n) is 10.3. The summed E-state index contributed by atoms with van der Waals surface area (Å²) in [5.41, 5.74) is 0.298. The number of aromatic nitrogens is 4. The maximum atomic E-state index is 13.6. The van der Waals surface area contributed by atoms with E-state index >= 15 is 0 Å².